The first kappa shape index (κ1) is 16.7. The molecule has 0 atom stereocenters. The number of nitrogens with one attached hydrogen (secondary N) is 2. The van der Waals surface area contributed by atoms with E-state index in [1.54, 1.807) is 35.9 Å². The monoisotopic (exact) mass is 383 g/mol. The van der Waals surface area contributed by atoms with Gasteiger partial charge in [0.2, 0.25) is 0 Å². The van der Waals surface area contributed by atoms with Gasteiger partial charge in [0.05, 0.1) is 16.0 Å². The second-order valence-corrected chi connectivity index (χ2v) is 6.95. The number of nitrogens with zero attached hydrogens (tertiary/aromatic N) is 3. The van der Waals surface area contributed by atoms with Crippen molar-refractivity contribution < 1.29 is 4.79 Å². The summed E-state index contributed by atoms with van der Waals surface area (Å²) in [5, 5.41) is 5.36. The van der Waals surface area contributed by atoms with Crippen LogP contribution in [0.25, 0.3) is 21.9 Å². The lowest BCUT2D eigenvalue weighted by atomic mass is 10.2. The van der Waals surface area contributed by atoms with E-state index in [1.807, 2.05) is 23.6 Å². The summed E-state index contributed by atoms with van der Waals surface area (Å²) in [5.41, 5.74) is 2.71. The molecule has 0 saturated carbocycles. The molecule has 26 heavy (non-hydrogen) atoms. The molecule has 8 heteroatoms. The number of rotatable bonds is 5. The van der Waals surface area contributed by atoms with Crippen LogP contribution in [0.5, 0.6) is 0 Å². The van der Waals surface area contributed by atoms with Crippen molar-refractivity contribution in [3.05, 3.63) is 64.4 Å². The van der Waals surface area contributed by atoms with Crippen molar-refractivity contribution >= 4 is 40.0 Å². The average molecular weight is 384 g/mol. The summed E-state index contributed by atoms with van der Waals surface area (Å²) < 4.78 is 0. The molecule has 4 rings (SSSR count). The molecule has 130 valence electrons. The van der Waals surface area contributed by atoms with E-state index in [4.69, 9.17) is 11.6 Å². The minimum absolute atomic E-state index is 0.166. The molecule has 0 unspecified atom stereocenters. The van der Waals surface area contributed by atoms with Crippen LogP contribution in [-0.2, 0) is 6.42 Å². The summed E-state index contributed by atoms with van der Waals surface area (Å²) >= 11 is 7.36. The number of thiophene rings is 1. The predicted molar refractivity (Wildman–Crippen MR) is 102 cm³/mol. The molecule has 0 radical (unpaired) electrons. The van der Waals surface area contributed by atoms with Crippen LogP contribution in [0.15, 0.2) is 48.1 Å². The largest absolute Gasteiger partial charge is 0.352 e. The van der Waals surface area contributed by atoms with Gasteiger partial charge in [-0.25, -0.2) is 15.0 Å². The quantitative estimate of drug-likeness (QED) is 0.514. The smallest absolute Gasteiger partial charge is 0.253 e. The highest BCUT2D eigenvalue weighted by Crippen LogP contribution is 2.25. The summed E-state index contributed by atoms with van der Waals surface area (Å²) in [4.78, 5) is 29.6. The molecule has 1 amide bonds. The first-order chi connectivity index (χ1) is 12.7. The maximum atomic E-state index is 12.6. The van der Waals surface area contributed by atoms with Crippen molar-refractivity contribution in [3.8, 4) is 10.7 Å². The van der Waals surface area contributed by atoms with Gasteiger partial charge in [0, 0.05) is 18.9 Å². The number of imidazole rings is 1. The molecule has 4 aromatic heterocycles. The Labute approximate surface area is 158 Å². The van der Waals surface area contributed by atoms with Gasteiger partial charge in [0.1, 0.15) is 5.15 Å². The number of carbonyl (C=O) groups is 1. The molecule has 0 fully saturated rings. The van der Waals surface area contributed by atoms with Gasteiger partial charge in [-0.05, 0) is 35.6 Å². The number of aromatic amines is 1. The van der Waals surface area contributed by atoms with E-state index in [2.05, 4.69) is 25.3 Å². The molecular weight excluding hydrogens is 370 g/mol. The molecule has 0 saturated heterocycles. The maximum Gasteiger partial charge on any atom is 0.253 e. The average Bonchev–Trinajstić information content (AvgIpc) is 3.32. The third-order valence-electron chi connectivity index (χ3n) is 3.88. The standard InChI is InChI=1S/C18H14ClN5OS/c19-14-4-3-11(10-22-14)5-7-21-18(25)12-6-8-20-17-15(12)23-16(24-17)13-2-1-9-26-13/h1-4,6,8-10H,5,7H2,(H,21,25)(H,20,23,24). The first-order valence-electron chi connectivity index (χ1n) is 7.98. The number of fused-ring (bicyclic) bond motifs is 1. The molecule has 0 aliphatic heterocycles. The fourth-order valence-corrected chi connectivity index (χ4v) is 3.38. The minimum Gasteiger partial charge on any atom is -0.352 e. The Morgan fingerprint density at radius 1 is 1.23 bits per heavy atom. The Hall–Kier alpha value is -2.77. The predicted octanol–water partition coefficient (Wildman–Crippen LogP) is 3.71. The second kappa shape index (κ2) is 7.23. The first-order valence-corrected chi connectivity index (χ1v) is 9.24. The molecule has 2 N–H and O–H groups in total. The van der Waals surface area contributed by atoms with Gasteiger partial charge in [0.15, 0.2) is 11.5 Å². The lowest BCUT2D eigenvalue weighted by Gasteiger charge is -2.06. The van der Waals surface area contributed by atoms with E-state index >= 15 is 0 Å². The van der Waals surface area contributed by atoms with Crippen LogP contribution in [-0.4, -0.2) is 32.4 Å². The number of aromatic nitrogens is 4. The van der Waals surface area contributed by atoms with Gasteiger partial charge >= 0.3 is 0 Å². The van der Waals surface area contributed by atoms with Crippen molar-refractivity contribution in [3.63, 3.8) is 0 Å². The third kappa shape index (κ3) is 3.44. The van der Waals surface area contributed by atoms with Crippen LogP contribution < -0.4 is 5.32 Å². The van der Waals surface area contributed by atoms with Gasteiger partial charge in [-0.1, -0.05) is 23.7 Å². The lowest BCUT2D eigenvalue weighted by molar-refractivity contribution is 0.0955. The summed E-state index contributed by atoms with van der Waals surface area (Å²) in [5.74, 6) is 0.552. The van der Waals surface area contributed by atoms with E-state index in [9.17, 15) is 4.79 Å². The summed E-state index contributed by atoms with van der Waals surface area (Å²) in [7, 11) is 0. The number of H-pyrrole nitrogens is 1. The SMILES string of the molecule is O=C(NCCc1ccc(Cl)nc1)c1ccnc2nc(-c3cccs3)[nH]c12. The Morgan fingerprint density at radius 2 is 2.15 bits per heavy atom. The Bertz CT molecular complexity index is 1040. The Kier molecular flexibility index (Phi) is 4.64. The molecule has 0 aliphatic carbocycles. The number of pyridine rings is 2. The zero-order valence-electron chi connectivity index (χ0n) is 13.6. The van der Waals surface area contributed by atoms with Crippen LogP contribution in [0, 0.1) is 0 Å². The highest BCUT2D eigenvalue weighted by atomic mass is 35.5. The van der Waals surface area contributed by atoms with Crippen molar-refractivity contribution in [2.24, 2.45) is 0 Å². The van der Waals surface area contributed by atoms with Gasteiger partial charge in [-0.3, -0.25) is 4.79 Å². The van der Waals surface area contributed by atoms with E-state index in [0.717, 1.165) is 16.3 Å². The third-order valence-corrected chi connectivity index (χ3v) is 4.98. The molecule has 4 aromatic rings. The van der Waals surface area contributed by atoms with Crippen LogP contribution >= 0.6 is 22.9 Å². The number of carbonyl (C=O) groups excluding carboxylic acids is 1. The molecular formula is C18H14ClN5OS. The normalized spacial score (nSPS) is 11.0. The number of amides is 1. The molecule has 0 spiro atoms. The van der Waals surface area contributed by atoms with E-state index < -0.39 is 0 Å². The summed E-state index contributed by atoms with van der Waals surface area (Å²) in [6.07, 6.45) is 3.98. The van der Waals surface area contributed by atoms with Crippen molar-refractivity contribution in [1.29, 1.82) is 0 Å². The summed E-state index contributed by atoms with van der Waals surface area (Å²) in [6.45, 7) is 0.498. The van der Waals surface area contributed by atoms with Crippen LogP contribution in [0.2, 0.25) is 5.15 Å². The van der Waals surface area contributed by atoms with Gasteiger partial charge in [-0.15, -0.1) is 11.3 Å². The van der Waals surface area contributed by atoms with Crippen LogP contribution in [0.1, 0.15) is 15.9 Å². The highest BCUT2D eigenvalue weighted by molar-refractivity contribution is 7.13. The molecule has 0 aliphatic rings. The van der Waals surface area contributed by atoms with Crippen molar-refractivity contribution in [2.45, 2.75) is 6.42 Å². The fraction of sp³-hybridized carbons (Fsp3) is 0.111. The van der Waals surface area contributed by atoms with Crippen molar-refractivity contribution in [1.82, 2.24) is 25.3 Å². The van der Waals surface area contributed by atoms with E-state index in [1.165, 1.54) is 0 Å². The zero-order valence-corrected chi connectivity index (χ0v) is 15.1. The summed E-state index contributed by atoms with van der Waals surface area (Å²) in [6, 6.07) is 9.26. The Balaban J connectivity index is 1.50. The molecule has 0 bridgehead atoms. The van der Waals surface area contributed by atoms with Crippen LogP contribution in [0.4, 0.5) is 0 Å². The number of halogens is 1. The fourth-order valence-electron chi connectivity index (χ4n) is 2.60. The number of hydrogen-bond acceptors (Lipinski definition) is 5. The molecule has 4 heterocycles. The van der Waals surface area contributed by atoms with E-state index in [0.29, 0.717) is 34.8 Å². The van der Waals surface area contributed by atoms with Crippen LogP contribution in [0.3, 0.4) is 0 Å². The van der Waals surface area contributed by atoms with Gasteiger partial charge in [-0.2, -0.15) is 0 Å². The highest BCUT2D eigenvalue weighted by Gasteiger charge is 2.15. The van der Waals surface area contributed by atoms with E-state index in [-0.39, 0.29) is 5.91 Å². The number of hydrogen-bond donors (Lipinski definition) is 2. The molecule has 0 aromatic carbocycles. The lowest BCUT2D eigenvalue weighted by Crippen LogP contribution is -2.26. The molecule has 6 nitrogen and oxygen atoms in total. The van der Waals surface area contributed by atoms with Crippen molar-refractivity contribution in [2.75, 3.05) is 6.54 Å². The Morgan fingerprint density at radius 3 is 2.92 bits per heavy atom. The van der Waals surface area contributed by atoms with Gasteiger partial charge < -0.3 is 10.3 Å². The minimum atomic E-state index is -0.166. The zero-order chi connectivity index (χ0) is 17.9. The second-order valence-electron chi connectivity index (χ2n) is 5.61. The maximum absolute atomic E-state index is 12.6. The topological polar surface area (TPSA) is 83.6 Å². The van der Waals surface area contributed by atoms with Gasteiger partial charge in [0.25, 0.3) is 5.91 Å².